The highest BCUT2D eigenvalue weighted by atomic mass is 16.2. The number of aromatic nitrogens is 3. The molecule has 3 rings (SSSR count). The van der Waals surface area contributed by atoms with E-state index in [0.29, 0.717) is 12.4 Å². The number of amides is 1. The van der Waals surface area contributed by atoms with Crippen molar-refractivity contribution in [3.8, 4) is 0 Å². The second-order valence-electron chi connectivity index (χ2n) is 6.53. The largest absolute Gasteiger partial charge is 0.345 e. The van der Waals surface area contributed by atoms with Crippen LogP contribution < -0.4 is 5.32 Å². The number of carbonyl (C=O) groups excluding carboxylic acids is 1. The van der Waals surface area contributed by atoms with Gasteiger partial charge in [-0.25, -0.2) is 4.98 Å². The van der Waals surface area contributed by atoms with Crippen LogP contribution in [0.4, 0.5) is 0 Å². The molecule has 1 N–H and O–H groups in total. The summed E-state index contributed by atoms with van der Waals surface area (Å²) in [4.78, 5) is 21.2. The molecule has 3 aromatic rings. The van der Waals surface area contributed by atoms with Crippen LogP contribution in [0.25, 0.3) is 5.52 Å². The van der Waals surface area contributed by atoms with Gasteiger partial charge in [-0.3, -0.25) is 14.2 Å². The number of nitrogens with one attached hydrogen (secondary N) is 1. The van der Waals surface area contributed by atoms with E-state index in [2.05, 4.69) is 36.1 Å². The van der Waals surface area contributed by atoms with Gasteiger partial charge in [0.2, 0.25) is 5.82 Å². The number of pyridine rings is 2. The summed E-state index contributed by atoms with van der Waals surface area (Å²) in [5.74, 6) is 0.222. The molecule has 5 nitrogen and oxygen atoms in total. The summed E-state index contributed by atoms with van der Waals surface area (Å²) >= 11 is 0. The number of hydrogen-bond acceptors (Lipinski definition) is 3. The summed E-state index contributed by atoms with van der Waals surface area (Å²) in [6.45, 7) is 6.72. The molecule has 0 aliphatic rings. The maximum absolute atomic E-state index is 12.6. The van der Waals surface area contributed by atoms with E-state index in [0.717, 1.165) is 16.8 Å². The molecule has 0 aliphatic heterocycles. The smallest absolute Gasteiger partial charge is 0.287 e. The maximum atomic E-state index is 12.6. The Morgan fingerprint density at radius 1 is 1.22 bits per heavy atom. The first-order valence-electron chi connectivity index (χ1n) is 7.61. The Kier molecular flexibility index (Phi) is 3.86. The minimum absolute atomic E-state index is 0.130. The summed E-state index contributed by atoms with van der Waals surface area (Å²) in [5, 5.41) is 2.91. The number of nitrogens with zero attached hydrogens (tertiary/aromatic N) is 3. The average Bonchev–Trinajstić information content (AvgIpc) is 2.93. The van der Waals surface area contributed by atoms with Crippen molar-refractivity contribution in [3.05, 3.63) is 66.0 Å². The van der Waals surface area contributed by atoms with Gasteiger partial charge in [-0.15, -0.1) is 0 Å². The minimum Gasteiger partial charge on any atom is -0.345 e. The van der Waals surface area contributed by atoms with Crippen molar-refractivity contribution in [2.24, 2.45) is 0 Å². The van der Waals surface area contributed by atoms with Crippen molar-refractivity contribution in [1.82, 2.24) is 19.7 Å². The topological polar surface area (TPSA) is 59.3 Å². The standard InChI is InChI=1S/C18H20N4O/c1-18(2,3)15-14-8-4-5-10-22(14)16(21-15)17(23)20-12-13-7-6-9-19-11-13/h4-11H,12H2,1-3H3,(H,20,23). The van der Waals surface area contributed by atoms with Crippen LogP contribution in [0.1, 0.15) is 42.6 Å². The zero-order chi connectivity index (χ0) is 16.4. The summed E-state index contributed by atoms with van der Waals surface area (Å²) in [5.41, 5.74) is 2.71. The lowest BCUT2D eigenvalue weighted by molar-refractivity contribution is 0.0939. The monoisotopic (exact) mass is 308 g/mol. The Morgan fingerprint density at radius 2 is 2.04 bits per heavy atom. The fourth-order valence-corrected chi connectivity index (χ4v) is 2.51. The lowest BCUT2D eigenvalue weighted by Gasteiger charge is -2.15. The molecule has 0 spiro atoms. The first-order chi connectivity index (χ1) is 11.0. The molecule has 118 valence electrons. The summed E-state index contributed by atoms with van der Waals surface area (Å²) in [6.07, 6.45) is 5.32. The molecule has 0 aliphatic carbocycles. The zero-order valence-corrected chi connectivity index (χ0v) is 13.6. The lowest BCUT2D eigenvalue weighted by Crippen LogP contribution is -2.25. The summed E-state index contributed by atoms with van der Waals surface area (Å²) in [7, 11) is 0. The van der Waals surface area contributed by atoms with Crippen molar-refractivity contribution in [1.29, 1.82) is 0 Å². The molecule has 0 saturated carbocycles. The van der Waals surface area contributed by atoms with Gasteiger partial charge < -0.3 is 5.32 Å². The Labute approximate surface area is 135 Å². The van der Waals surface area contributed by atoms with Gasteiger partial charge in [0, 0.05) is 30.6 Å². The molecule has 0 bridgehead atoms. The molecule has 5 heteroatoms. The third kappa shape index (κ3) is 3.08. The SMILES string of the molecule is CC(C)(C)c1nc(C(=O)NCc2cccnc2)n2ccccc12. The molecule has 23 heavy (non-hydrogen) atoms. The predicted molar refractivity (Wildman–Crippen MR) is 89.3 cm³/mol. The summed E-state index contributed by atoms with van der Waals surface area (Å²) in [6, 6.07) is 9.63. The van der Waals surface area contributed by atoms with Crippen LogP contribution in [0.3, 0.4) is 0 Å². The predicted octanol–water partition coefficient (Wildman–Crippen LogP) is 2.96. The van der Waals surface area contributed by atoms with Crippen LogP contribution in [0, 0.1) is 0 Å². The first-order valence-corrected chi connectivity index (χ1v) is 7.61. The van der Waals surface area contributed by atoms with Gasteiger partial charge in [0.05, 0.1) is 11.2 Å². The van der Waals surface area contributed by atoms with E-state index in [9.17, 15) is 4.79 Å². The molecule has 3 heterocycles. The molecular weight excluding hydrogens is 288 g/mol. The Morgan fingerprint density at radius 3 is 2.74 bits per heavy atom. The van der Waals surface area contributed by atoms with E-state index < -0.39 is 0 Å². The second kappa shape index (κ2) is 5.83. The van der Waals surface area contributed by atoms with E-state index in [1.807, 2.05) is 40.9 Å². The Bertz CT molecular complexity index is 831. The van der Waals surface area contributed by atoms with Crippen molar-refractivity contribution in [2.45, 2.75) is 32.7 Å². The van der Waals surface area contributed by atoms with E-state index in [1.165, 1.54) is 0 Å². The number of fused-ring (bicyclic) bond motifs is 1. The van der Waals surface area contributed by atoms with E-state index in [-0.39, 0.29) is 11.3 Å². The van der Waals surface area contributed by atoms with Crippen molar-refractivity contribution in [3.63, 3.8) is 0 Å². The fraction of sp³-hybridized carbons (Fsp3) is 0.278. The van der Waals surface area contributed by atoms with Crippen LogP contribution in [0.15, 0.2) is 48.9 Å². The third-order valence-corrected chi connectivity index (χ3v) is 3.64. The maximum Gasteiger partial charge on any atom is 0.287 e. The van der Waals surface area contributed by atoms with Gasteiger partial charge in [-0.05, 0) is 23.8 Å². The first kappa shape index (κ1) is 15.2. The second-order valence-corrected chi connectivity index (χ2v) is 6.53. The van der Waals surface area contributed by atoms with Crippen molar-refractivity contribution < 1.29 is 4.79 Å². The van der Waals surface area contributed by atoms with E-state index >= 15 is 0 Å². The van der Waals surface area contributed by atoms with Crippen LogP contribution in [0.5, 0.6) is 0 Å². The fourth-order valence-electron chi connectivity index (χ4n) is 2.51. The van der Waals surface area contributed by atoms with Gasteiger partial charge >= 0.3 is 0 Å². The minimum atomic E-state index is -0.189. The van der Waals surface area contributed by atoms with Crippen LogP contribution in [0.2, 0.25) is 0 Å². The molecular formula is C18H20N4O. The van der Waals surface area contributed by atoms with Gasteiger partial charge in [-0.1, -0.05) is 32.9 Å². The highest BCUT2D eigenvalue weighted by Crippen LogP contribution is 2.26. The van der Waals surface area contributed by atoms with Crippen LogP contribution in [-0.2, 0) is 12.0 Å². The molecule has 1 amide bonds. The Balaban J connectivity index is 1.92. The molecule has 0 atom stereocenters. The highest BCUT2D eigenvalue weighted by Gasteiger charge is 2.24. The normalized spacial score (nSPS) is 11.6. The third-order valence-electron chi connectivity index (χ3n) is 3.64. The average molecular weight is 308 g/mol. The van der Waals surface area contributed by atoms with E-state index in [4.69, 9.17) is 0 Å². The van der Waals surface area contributed by atoms with Crippen LogP contribution >= 0.6 is 0 Å². The number of hydrogen-bond donors (Lipinski definition) is 1. The molecule has 0 unspecified atom stereocenters. The van der Waals surface area contributed by atoms with Crippen LogP contribution in [-0.4, -0.2) is 20.3 Å². The van der Waals surface area contributed by atoms with Gasteiger partial charge in [-0.2, -0.15) is 0 Å². The number of rotatable bonds is 3. The van der Waals surface area contributed by atoms with Gasteiger partial charge in [0.25, 0.3) is 5.91 Å². The molecule has 0 radical (unpaired) electrons. The molecule has 0 saturated heterocycles. The lowest BCUT2D eigenvalue weighted by atomic mass is 9.91. The highest BCUT2D eigenvalue weighted by molar-refractivity contribution is 5.92. The van der Waals surface area contributed by atoms with Crippen molar-refractivity contribution >= 4 is 11.4 Å². The zero-order valence-electron chi connectivity index (χ0n) is 13.6. The summed E-state index contributed by atoms with van der Waals surface area (Å²) < 4.78 is 1.85. The van der Waals surface area contributed by atoms with Crippen molar-refractivity contribution in [2.75, 3.05) is 0 Å². The van der Waals surface area contributed by atoms with Gasteiger partial charge in [0.15, 0.2) is 0 Å². The molecule has 3 aromatic heterocycles. The quantitative estimate of drug-likeness (QED) is 0.809. The molecule has 0 aromatic carbocycles. The Hall–Kier alpha value is -2.69. The molecule has 0 fully saturated rings. The number of imidazole rings is 1. The van der Waals surface area contributed by atoms with Gasteiger partial charge in [0.1, 0.15) is 0 Å². The van der Waals surface area contributed by atoms with E-state index in [1.54, 1.807) is 12.4 Å². The number of carbonyl (C=O) groups is 1.